The molecule has 1 heteroatoms. The molecular formula is C7H14O. The summed E-state index contributed by atoms with van der Waals surface area (Å²) in [4.78, 5) is 0. The van der Waals surface area contributed by atoms with Crippen LogP contribution in [0.3, 0.4) is 0 Å². The topological polar surface area (TPSA) is 20.2 Å². The van der Waals surface area contributed by atoms with Gasteiger partial charge in [0.2, 0.25) is 0 Å². The van der Waals surface area contributed by atoms with Gasteiger partial charge in [0.25, 0.3) is 0 Å². The van der Waals surface area contributed by atoms with E-state index in [-0.39, 0.29) is 6.61 Å². The standard InChI is InChI=1S/C7H14O/c1-3-4-5-7(2)6-8/h4-5,7-8H,3,6H2,1-2H3. The molecule has 8 heavy (non-hydrogen) atoms. The van der Waals surface area contributed by atoms with Gasteiger partial charge in [0, 0.05) is 6.61 Å². The lowest BCUT2D eigenvalue weighted by Gasteiger charge is -1.96. The molecule has 0 aliphatic rings. The van der Waals surface area contributed by atoms with Crippen molar-refractivity contribution >= 4 is 0 Å². The summed E-state index contributed by atoms with van der Waals surface area (Å²) in [6, 6.07) is 0. The van der Waals surface area contributed by atoms with Gasteiger partial charge in [-0.15, -0.1) is 0 Å². The first kappa shape index (κ1) is 7.70. The van der Waals surface area contributed by atoms with E-state index in [0.29, 0.717) is 5.92 Å². The smallest absolute Gasteiger partial charge is 0.0491 e. The summed E-state index contributed by atoms with van der Waals surface area (Å²) in [5, 5.41) is 8.51. The van der Waals surface area contributed by atoms with Gasteiger partial charge >= 0.3 is 0 Å². The summed E-state index contributed by atoms with van der Waals surface area (Å²) in [5.41, 5.74) is 0. The Morgan fingerprint density at radius 1 is 1.62 bits per heavy atom. The van der Waals surface area contributed by atoms with Crippen molar-refractivity contribution in [2.45, 2.75) is 20.3 Å². The Morgan fingerprint density at radius 3 is 2.62 bits per heavy atom. The third-order valence-corrected chi connectivity index (χ3v) is 0.988. The predicted octanol–water partition coefficient (Wildman–Crippen LogP) is 1.58. The molecule has 0 heterocycles. The second kappa shape index (κ2) is 4.85. The van der Waals surface area contributed by atoms with Gasteiger partial charge in [0.1, 0.15) is 0 Å². The van der Waals surface area contributed by atoms with E-state index in [1.54, 1.807) is 0 Å². The Hall–Kier alpha value is -0.300. The fourth-order valence-corrected chi connectivity index (χ4v) is 0.429. The highest BCUT2D eigenvalue weighted by Crippen LogP contribution is 1.94. The van der Waals surface area contributed by atoms with E-state index in [9.17, 15) is 0 Å². The van der Waals surface area contributed by atoms with Gasteiger partial charge in [-0.1, -0.05) is 26.0 Å². The van der Waals surface area contributed by atoms with E-state index in [4.69, 9.17) is 5.11 Å². The Labute approximate surface area is 51.0 Å². The minimum Gasteiger partial charge on any atom is -0.396 e. The van der Waals surface area contributed by atoms with Gasteiger partial charge in [-0.2, -0.15) is 0 Å². The molecule has 0 fully saturated rings. The minimum atomic E-state index is 0.260. The van der Waals surface area contributed by atoms with Crippen LogP contribution in [-0.2, 0) is 0 Å². The van der Waals surface area contributed by atoms with Gasteiger partial charge in [0.05, 0.1) is 0 Å². The van der Waals surface area contributed by atoms with Crippen molar-refractivity contribution in [1.82, 2.24) is 0 Å². The summed E-state index contributed by atoms with van der Waals surface area (Å²) < 4.78 is 0. The van der Waals surface area contributed by atoms with E-state index in [1.807, 2.05) is 13.0 Å². The molecule has 0 aliphatic heterocycles. The average molecular weight is 114 g/mol. The molecule has 0 aromatic carbocycles. The Kier molecular flexibility index (Phi) is 4.67. The Balaban J connectivity index is 3.21. The molecule has 1 N–H and O–H groups in total. The van der Waals surface area contributed by atoms with Crippen molar-refractivity contribution in [3.05, 3.63) is 12.2 Å². The number of hydrogen-bond acceptors (Lipinski definition) is 1. The lowest BCUT2D eigenvalue weighted by atomic mass is 10.2. The van der Waals surface area contributed by atoms with Crippen LogP contribution in [0.4, 0.5) is 0 Å². The second-order valence-electron chi connectivity index (χ2n) is 2.00. The molecule has 0 aromatic heterocycles. The molecule has 1 atom stereocenters. The lowest BCUT2D eigenvalue weighted by molar-refractivity contribution is 0.262. The van der Waals surface area contributed by atoms with Crippen LogP contribution in [0.1, 0.15) is 20.3 Å². The Bertz CT molecular complexity index is 66.8. The zero-order valence-electron chi connectivity index (χ0n) is 5.59. The highest BCUT2D eigenvalue weighted by atomic mass is 16.3. The first-order chi connectivity index (χ1) is 3.81. The molecule has 0 rings (SSSR count). The molecule has 0 amide bonds. The fraction of sp³-hybridized carbons (Fsp3) is 0.714. The van der Waals surface area contributed by atoms with Crippen LogP contribution in [-0.4, -0.2) is 11.7 Å². The summed E-state index contributed by atoms with van der Waals surface area (Å²) in [6.45, 7) is 4.34. The van der Waals surface area contributed by atoms with E-state index < -0.39 is 0 Å². The third kappa shape index (κ3) is 3.88. The Morgan fingerprint density at radius 2 is 2.25 bits per heavy atom. The van der Waals surface area contributed by atoms with E-state index >= 15 is 0 Å². The number of aliphatic hydroxyl groups excluding tert-OH is 1. The molecule has 0 bridgehead atoms. The van der Waals surface area contributed by atoms with Crippen molar-refractivity contribution in [3.63, 3.8) is 0 Å². The summed E-state index contributed by atoms with van der Waals surface area (Å²) >= 11 is 0. The van der Waals surface area contributed by atoms with Crippen molar-refractivity contribution in [2.75, 3.05) is 6.61 Å². The van der Waals surface area contributed by atoms with Crippen molar-refractivity contribution in [1.29, 1.82) is 0 Å². The minimum absolute atomic E-state index is 0.260. The molecule has 1 unspecified atom stereocenters. The number of hydrogen-bond donors (Lipinski definition) is 1. The fourth-order valence-electron chi connectivity index (χ4n) is 0.429. The van der Waals surface area contributed by atoms with Gasteiger partial charge < -0.3 is 5.11 Å². The molecule has 0 saturated heterocycles. The molecule has 0 saturated carbocycles. The van der Waals surface area contributed by atoms with E-state index in [0.717, 1.165) is 6.42 Å². The zero-order chi connectivity index (χ0) is 6.41. The van der Waals surface area contributed by atoms with E-state index in [1.165, 1.54) is 0 Å². The number of allylic oxidation sites excluding steroid dienone is 1. The van der Waals surface area contributed by atoms with Crippen molar-refractivity contribution in [2.24, 2.45) is 5.92 Å². The molecular weight excluding hydrogens is 100 g/mol. The summed E-state index contributed by atoms with van der Waals surface area (Å²) in [5.74, 6) is 0.329. The summed E-state index contributed by atoms with van der Waals surface area (Å²) in [7, 11) is 0. The van der Waals surface area contributed by atoms with Crippen LogP contribution in [0.15, 0.2) is 12.2 Å². The van der Waals surface area contributed by atoms with Crippen LogP contribution < -0.4 is 0 Å². The monoisotopic (exact) mass is 114 g/mol. The maximum Gasteiger partial charge on any atom is 0.0491 e. The highest BCUT2D eigenvalue weighted by molar-refractivity contribution is 4.84. The predicted molar refractivity (Wildman–Crippen MR) is 35.7 cm³/mol. The largest absolute Gasteiger partial charge is 0.396 e. The van der Waals surface area contributed by atoms with Gasteiger partial charge in [0.15, 0.2) is 0 Å². The molecule has 1 nitrogen and oxygen atoms in total. The SMILES string of the molecule is CCC=CC(C)CO. The maximum absolute atomic E-state index is 8.51. The third-order valence-electron chi connectivity index (χ3n) is 0.988. The summed E-state index contributed by atoms with van der Waals surface area (Å²) in [6.07, 6.45) is 5.16. The van der Waals surface area contributed by atoms with Crippen LogP contribution in [0.5, 0.6) is 0 Å². The molecule has 0 spiro atoms. The first-order valence-electron chi connectivity index (χ1n) is 3.08. The zero-order valence-corrected chi connectivity index (χ0v) is 5.59. The van der Waals surface area contributed by atoms with Crippen molar-refractivity contribution in [3.8, 4) is 0 Å². The molecule has 0 radical (unpaired) electrons. The lowest BCUT2D eigenvalue weighted by Crippen LogP contribution is -1.94. The molecule has 0 aromatic rings. The van der Waals surface area contributed by atoms with Crippen molar-refractivity contribution < 1.29 is 5.11 Å². The van der Waals surface area contributed by atoms with Gasteiger partial charge in [-0.25, -0.2) is 0 Å². The average Bonchev–Trinajstić information content (AvgIpc) is 1.83. The van der Waals surface area contributed by atoms with Gasteiger partial charge in [-0.3, -0.25) is 0 Å². The molecule has 0 aliphatic carbocycles. The first-order valence-corrected chi connectivity index (χ1v) is 3.08. The number of aliphatic hydroxyl groups is 1. The van der Waals surface area contributed by atoms with E-state index in [2.05, 4.69) is 13.0 Å². The number of rotatable bonds is 3. The second-order valence-corrected chi connectivity index (χ2v) is 2.00. The molecule has 48 valence electrons. The van der Waals surface area contributed by atoms with Crippen LogP contribution >= 0.6 is 0 Å². The normalized spacial score (nSPS) is 14.9. The van der Waals surface area contributed by atoms with Crippen LogP contribution in [0, 0.1) is 5.92 Å². The maximum atomic E-state index is 8.51. The highest BCUT2D eigenvalue weighted by Gasteiger charge is 1.88. The quantitative estimate of drug-likeness (QED) is 0.552. The van der Waals surface area contributed by atoms with Crippen LogP contribution in [0.25, 0.3) is 0 Å². The van der Waals surface area contributed by atoms with Crippen LogP contribution in [0.2, 0.25) is 0 Å². The van der Waals surface area contributed by atoms with Gasteiger partial charge in [-0.05, 0) is 12.3 Å².